The second-order valence-corrected chi connectivity index (χ2v) is 8.44. The van der Waals surface area contributed by atoms with Crippen LogP contribution < -0.4 is 15.4 Å². The van der Waals surface area contributed by atoms with Crippen molar-refractivity contribution < 1.29 is 13.9 Å². The van der Waals surface area contributed by atoms with Crippen LogP contribution in [-0.4, -0.2) is 23.0 Å². The van der Waals surface area contributed by atoms with Crippen molar-refractivity contribution in [2.24, 2.45) is 5.41 Å². The number of ether oxygens (including phenoxy) is 1. The third kappa shape index (κ3) is 5.31. The summed E-state index contributed by atoms with van der Waals surface area (Å²) in [5.74, 6) is -0.303. The Balaban J connectivity index is 2.03. The van der Waals surface area contributed by atoms with Crippen molar-refractivity contribution in [3.63, 3.8) is 0 Å². The molecule has 3 aromatic rings. The van der Waals surface area contributed by atoms with E-state index < -0.39 is 11.7 Å². The van der Waals surface area contributed by atoms with Gasteiger partial charge in [-0.25, -0.2) is 14.4 Å². The predicted molar refractivity (Wildman–Crippen MR) is 123 cm³/mol. The van der Waals surface area contributed by atoms with Gasteiger partial charge in [-0.1, -0.05) is 38.4 Å². The number of hydrogen-bond donors (Lipinski definition) is 2. The first kappa shape index (κ1) is 23.0. The van der Waals surface area contributed by atoms with Crippen LogP contribution >= 0.6 is 11.6 Å². The molecule has 0 unspecified atom stereocenters. The summed E-state index contributed by atoms with van der Waals surface area (Å²) in [5.41, 5.74) is 1.06. The van der Waals surface area contributed by atoms with Crippen LogP contribution in [0.5, 0.6) is 5.75 Å². The molecule has 0 atom stereocenters. The highest BCUT2D eigenvalue weighted by molar-refractivity contribution is 6.31. The molecule has 2 aromatic carbocycles. The molecule has 0 aliphatic rings. The maximum absolute atomic E-state index is 13.5. The van der Waals surface area contributed by atoms with E-state index in [1.807, 2.05) is 26.8 Å². The molecular formula is C23H21ClFN5O2. The molecule has 1 amide bonds. The van der Waals surface area contributed by atoms with Gasteiger partial charge >= 0.3 is 0 Å². The van der Waals surface area contributed by atoms with E-state index in [2.05, 4.69) is 20.6 Å². The maximum atomic E-state index is 13.5. The molecule has 0 spiro atoms. The number of fused-ring (bicyclic) bond motifs is 1. The largest absolute Gasteiger partial charge is 0.494 e. The van der Waals surface area contributed by atoms with Crippen LogP contribution in [0.1, 0.15) is 20.8 Å². The van der Waals surface area contributed by atoms with Gasteiger partial charge in [-0.05, 0) is 29.7 Å². The first-order valence-corrected chi connectivity index (χ1v) is 9.98. The van der Waals surface area contributed by atoms with Gasteiger partial charge in [0.15, 0.2) is 0 Å². The van der Waals surface area contributed by atoms with E-state index in [9.17, 15) is 14.4 Å². The van der Waals surface area contributed by atoms with E-state index >= 15 is 0 Å². The summed E-state index contributed by atoms with van der Waals surface area (Å²) in [6, 6.07) is 9.43. The number of nitriles is 1. The summed E-state index contributed by atoms with van der Waals surface area (Å²) in [4.78, 5) is 21.2. The molecule has 9 heteroatoms. The number of rotatable bonds is 5. The number of allylic oxidation sites excluding steroid dienone is 1. The third-order valence-corrected chi connectivity index (χ3v) is 4.62. The smallest absolute Gasteiger partial charge is 0.266 e. The average Bonchev–Trinajstić information content (AvgIpc) is 2.73. The lowest BCUT2D eigenvalue weighted by Crippen LogP contribution is -2.16. The standard InChI is InChI=1S/C23H21ClFN5O2/c1-23(2,3)10-13(11-26)22(31)30-19-8-15-18(9-20(19)32-4)27-12-28-21(15)29-14-5-6-17(25)16(24)7-14/h5-10,12H,1-4H3,(H,30,31)(H,27,28,29). The lowest BCUT2D eigenvalue weighted by Gasteiger charge is -2.15. The van der Waals surface area contributed by atoms with Gasteiger partial charge in [0.25, 0.3) is 5.91 Å². The third-order valence-electron chi connectivity index (χ3n) is 4.33. The molecule has 2 N–H and O–H groups in total. The zero-order chi connectivity index (χ0) is 23.5. The van der Waals surface area contributed by atoms with Gasteiger partial charge in [0.05, 0.1) is 23.3 Å². The van der Waals surface area contributed by atoms with Gasteiger partial charge in [-0.2, -0.15) is 5.26 Å². The van der Waals surface area contributed by atoms with Gasteiger partial charge in [-0.15, -0.1) is 0 Å². The summed E-state index contributed by atoms with van der Waals surface area (Å²) < 4.78 is 18.9. The molecule has 1 aromatic heterocycles. The summed E-state index contributed by atoms with van der Waals surface area (Å²) in [7, 11) is 1.47. The number of methoxy groups -OCH3 is 1. The SMILES string of the molecule is COc1cc2ncnc(Nc3ccc(F)c(Cl)c3)c2cc1NC(=O)C(C#N)=CC(C)(C)C. The second-order valence-electron chi connectivity index (χ2n) is 8.04. The molecule has 164 valence electrons. The number of carbonyl (C=O) groups excluding carboxylic acids is 1. The van der Waals surface area contributed by atoms with Gasteiger partial charge < -0.3 is 15.4 Å². The monoisotopic (exact) mass is 453 g/mol. The molecule has 3 rings (SSSR count). The molecule has 0 aliphatic heterocycles. The van der Waals surface area contributed by atoms with Crippen LogP contribution in [0.15, 0.2) is 48.3 Å². The molecule has 0 aliphatic carbocycles. The van der Waals surface area contributed by atoms with Crippen LogP contribution in [0.25, 0.3) is 10.9 Å². The lowest BCUT2D eigenvalue weighted by atomic mass is 9.93. The first-order valence-electron chi connectivity index (χ1n) is 9.60. The van der Waals surface area contributed by atoms with E-state index in [1.165, 1.54) is 31.6 Å². The fourth-order valence-corrected chi connectivity index (χ4v) is 3.11. The highest BCUT2D eigenvalue weighted by atomic mass is 35.5. The van der Waals surface area contributed by atoms with Crippen LogP contribution in [-0.2, 0) is 4.79 Å². The lowest BCUT2D eigenvalue weighted by molar-refractivity contribution is -0.112. The normalized spacial score (nSPS) is 11.7. The van der Waals surface area contributed by atoms with Gasteiger partial charge in [-0.3, -0.25) is 4.79 Å². The molecule has 7 nitrogen and oxygen atoms in total. The van der Waals surface area contributed by atoms with Gasteiger partial charge in [0, 0.05) is 17.1 Å². The Kier molecular flexibility index (Phi) is 6.61. The number of halogens is 2. The Hall–Kier alpha value is -3.70. The van der Waals surface area contributed by atoms with Crippen molar-refractivity contribution in [2.75, 3.05) is 17.7 Å². The van der Waals surface area contributed by atoms with E-state index in [1.54, 1.807) is 18.2 Å². The average molecular weight is 454 g/mol. The molecule has 0 saturated heterocycles. The Morgan fingerprint density at radius 2 is 2.00 bits per heavy atom. The van der Waals surface area contributed by atoms with Crippen molar-refractivity contribution in [1.29, 1.82) is 5.26 Å². The minimum Gasteiger partial charge on any atom is -0.494 e. The number of amides is 1. The van der Waals surface area contributed by atoms with Crippen molar-refractivity contribution in [2.45, 2.75) is 20.8 Å². The Morgan fingerprint density at radius 3 is 2.62 bits per heavy atom. The molecule has 0 radical (unpaired) electrons. The van der Waals surface area contributed by atoms with E-state index in [4.69, 9.17) is 16.3 Å². The van der Waals surface area contributed by atoms with Crippen LogP contribution in [0, 0.1) is 22.6 Å². The van der Waals surface area contributed by atoms with Gasteiger partial charge in [0.2, 0.25) is 0 Å². The number of nitrogens with one attached hydrogen (secondary N) is 2. The summed E-state index contributed by atoms with van der Waals surface area (Å²) in [5, 5.41) is 15.8. The van der Waals surface area contributed by atoms with Crippen LogP contribution in [0.2, 0.25) is 5.02 Å². The fraction of sp³-hybridized carbons (Fsp3) is 0.217. The second kappa shape index (κ2) is 9.20. The van der Waals surface area contributed by atoms with Crippen molar-refractivity contribution in [3.05, 3.63) is 59.1 Å². The molecule has 1 heterocycles. The Bertz CT molecular complexity index is 1260. The number of nitrogens with zero attached hydrogens (tertiary/aromatic N) is 3. The number of aromatic nitrogens is 2. The summed E-state index contributed by atoms with van der Waals surface area (Å²) >= 11 is 5.87. The van der Waals surface area contributed by atoms with Crippen molar-refractivity contribution >= 4 is 45.6 Å². The molecular weight excluding hydrogens is 433 g/mol. The minimum atomic E-state index is -0.559. The maximum Gasteiger partial charge on any atom is 0.266 e. The number of benzene rings is 2. The Labute approximate surface area is 189 Å². The predicted octanol–water partition coefficient (Wildman–Crippen LogP) is 5.61. The molecule has 32 heavy (non-hydrogen) atoms. The fourth-order valence-electron chi connectivity index (χ4n) is 2.93. The first-order chi connectivity index (χ1) is 15.1. The molecule has 0 saturated carbocycles. The summed E-state index contributed by atoms with van der Waals surface area (Å²) in [6.07, 6.45) is 2.97. The number of anilines is 3. The number of hydrogen-bond acceptors (Lipinski definition) is 6. The van der Waals surface area contributed by atoms with Crippen LogP contribution in [0.3, 0.4) is 0 Å². The highest BCUT2D eigenvalue weighted by Gasteiger charge is 2.18. The van der Waals surface area contributed by atoms with Crippen LogP contribution in [0.4, 0.5) is 21.6 Å². The topological polar surface area (TPSA) is 99.9 Å². The zero-order valence-electron chi connectivity index (χ0n) is 18.0. The van der Waals surface area contributed by atoms with Gasteiger partial charge in [0.1, 0.15) is 35.4 Å². The van der Waals surface area contributed by atoms with Crippen molar-refractivity contribution in [1.82, 2.24) is 9.97 Å². The zero-order valence-corrected chi connectivity index (χ0v) is 18.7. The molecule has 0 fully saturated rings. The van der Waals surface area contributed by atoms with E-state index in [0.29, 0.717) is 33.8 Å². The number of carbonyl (C=O) groups is 1. The molecule has 0 bridgehead atoms. The van der Waals surface area contributed by atoms with Crippen molar-refractivity contribution in [3.8, 4) is 11.8 Å². The quantitative estimate of drug-likeness (QED) is 0.384. The van der Waals surface area contributed by atoms with E-state index in [0.717, 1.165) is 0 Å². The van der Waals surface area contributed by atoms with E-state index in [-0.39, 0.29) is 16.0 Å². The summed E-state index contributed by atoms with van der Waals surface area (Å²) in [6.45, 7) is 5.68. The Morgan fingerprint density at radius 1 is 1.25 bits per heavy atom. The minimum absolute atomic E-state index is 0.0109. The highest BCUT2D eigenvalue weighted by Crippen LogP contribution is 2.34.